The Kier molecular flexibility index (Phi) is 5.66. The minimum atomic E-state index is -0.431. The van der Waals surface area contributed by atoms with Crippen molar-refractivity contribution in [3.8, 4) is 0 Å². The minimum Gasteiger partial charge on any atom is -0.389 e. The van der Waals surface area contributed by atoms with E-state index in [9.17, 15) is 5.11 Å². The summed E-state index contributed by atoms with van der Waals surface area (Å²) in [5.74, 6) is 1.09. The molecule has 0 aliphatic carbocycles. The van der Waals surface area contributed by atoms with Crippen molar-refractivity contribution < 1.29 is 5.11 Å². The zero-order chi connectivity index (χ0) is 12.1. The molecule has 1 aromatic carbocycles. The highest BCUT2D eigenvalue weighted by Crippen LogP contribution is 2.29. The number of aliphatic hydroxyl groups excluding tert-OH is 1. The summed E-state index contributed by atoms with van der Waals surface area (Å²) >= 11 is 5.30. The summed E-state index contributed by atoms with van der Waals surface area (Å²) in [5, 5.41) is 9.72. The average Bonchev–Trinajstić information content (AvgIpc) is 2.25. The van der Waals surface area contributed by atoms with Gasteiger partial charge in [-0.05, 0) is 25.3 Å². The summed E-state index contributed by atoms with van der Waals surface area (Å²) in [6.07, 6.45) is 1.67. The first-order chi connectivity index (χ1) is 7.56. The van der Waals surface area contributed by atoms with Crippen LogP contribution in [0.2, 0.25) is 0 Å². The predicted molar refractivity (Wildman–Crippen MR) is 76.4 cm³/mol. The first-order valence-electron chi connectivity index (χ1n) is 5.24. The molecule has 0 fully saturated rings. The van der Waals surface area contributed by atoms with Crippen LogP contribution in [0.4, 0.5) is 5.69 Å². The smallest absolute Gasteiger partial charge is 0.0782 e. The van der Waals surface area contributed by atoms with Crippen LogP contribution in [0.5, 0.6) is 0 Å². The van der Waals surface area contributed by atoms with Gasteiger partial charge in [0.1, 0.15) is 0 Å². The normalized spacial score (nSPS) is 12.6. The van der Waals surface area contributed by atoms with Crippen LogP contribution in [-0.4, -0.2) is 30.7 Å². The summed E-state index contributed by atoms with van der Waals surface area (Å²) in [5.41, 5.74) is 2.07. The third-order valence-electron chi connectivity index (χ3n) is 2.48. The number of anilines is 1. The summed E-state index contributed by atoms with van der Waals surface area (Å²) < 4.78 is 1.04. The largest absolute Gasteiger partial charge is 0.389 e. The third kappa shape index (κ3) is 3.68. The Balaban J connectivity index is 2.95. The first kappa shape index (κ1) is 13.9. The Bertz CT molecular complexity index is 344. The van der Waals surface area contributed by atoms with Gasteiger partial charge in [-0.25, -0.2) is 0 Å². The van der Waals surface area contributed by atoms with Crippen molar-refractivity contribution in [2.45, 2.75) is 13.0 Å². The standard InChI is InChI=1S/C12H18BrNOS/c1-9(15)11-5-4-10(13)8-12(11)14(2)6-7-16-3/h4-5,8-9,15H,6-7H2,1-3H3. The lowest BCUT2D eigenvalue weighted by molar-refractivity contribution is 0.199. The second kappa shape index (κ2) is 6.52. The summed E-state index contributed by atoms with van der Waals surface area (Å²) in [6, 6.07) is 6.00. The van der Waals surface area contributed by atoms with Crippen LogP contribution >= 0.6 is 27.7 Å². The maximum Gasteiger partial charge on any atom is 0.0782 e. The van der Waals surface area contributed by atoms with Gasteiger partial charge >= 0.3 is 0 Å². The van der Waals surface area contributed by atoms with Crippen LogP contribution < -0.4 is 4.90 Å². The van der Waals surface area contributed by atoms with E-state index in [1.807, 2.05) is 23.9 Å². The molecule has 0 aromatic heterocycles. The van der Waals surface area contributed by atoms with Crippen molar-refractivity contribution in [2.75, 3.05) is 30.5 Å². The molecule has 4 heteroatoms. The lowest BCUT2D eigenvalue weighted by atomic mass is 10.1. The molecule has 1 rings (SSSR count). The average molecular weight is 304 g/mol. The van der Waals surface area contributed by atoms with Gasteiger partial charge in [0, 0.05) is 35.1 Å². The van der Waals surface area contributed by atoms with Gasteiger partial charge < -0.3 is 10.0 Å². The van der Waals surface area contributed by atoms with E-state index in [1.165, 1.54) is 0 Å². The van der Waals surface area contributed by atoms with Crippen molar-refractivity contribution >= 4 is 33.4 Å². The van der Waals surface area contributed by atoms with Gasteiger partial charge in [-0.15, -0.1) is 0 Å². The molecule has 1 atom stereocenters. The summed E-state index contributed by atoms with van der Waals surface area (Å²) in [6.45, 7) is 2.78. The molecule has 0 amide bonds. The highest BCUT2D eigenvalue weighted by atomic mass is 79.9. The van der Waals surface area contributed by atoms with Crippen molar-refractivity contribution in [3.63, 3.8) is 0 Å². The molecule has 1 aromatic rings. The predicted octanol–water partition coefficient (Wildman–Crippen LogP) is 3.30. The van der Waals surface area contributed by atoms with Crippen LogP contribution in [-0.2, 0) is 0 Å². The van der Waals surface area contributed by atoms with Crippen molar-refractivity contribution in [2.24, 2.45) is 0 Å². The number of aliphatic hydroxyl groups is 1. The molecule has 0 saturated heterocycles. The van der Waals surface area contributed by atoms with E-state index in [-0.39, 0.29) is 0 Å². The molecule has 0 bridgehead atoms. The van der Waals surface area contributed by atoms with Gasteiger partial charge in [0.25, 0.3) is 0 Å². The Labute approximate surface area is 110 Å². The number of halogens is 1. The molecule has 0 aliphatic rings. The van der Waals surface area contributed by atoms with Crippen LogP contribution in [0.25, 0.3) is 0 Å². The van der Waals surface area contributed by atoms with Gasteiger partial charge in [0.2, 0.25) is 0 Å². The second-order valence-corrected chi connectivity index (χ2v) is 5.69. The van der Waals surface area contributed by atoms with Crippen molar-refractivity contribution in [3.05, 3.63) is 28.2 Å². The lowest BCUT2D eigenvalue weighted by Crippen LogP contribution is -2.22. The molecule has 1 unspecified atom stereocenters. The molecule has 0 spiro atoms. The quantitative estimate of drug-likeness (QED) is 0.903. The minimum absolute atomic E-state index is 0.431. The van der Waals surface area contributed by atoms with Gasteiger partial charge in [-0.1, -0.05) is 22.0 Å². The van der Waals surface area contributed by atoms with E-state index >= 15 is 0 Å². The number of benzene rings is 1. The number of hydrogen-bond acceptors (Lipinski definition) is 3. The summed E-state index contributed by atoms with van der Waals surface area (Å²) in [4.78, 5) is 2.18. The topological polar surface area (TPSA) is 23.5 Å². The highest BCUT2D eigenvalue weighted by molar-refractivity contribution is 9.10. The SMILES string of the molecule is CSCCN(C)c1cc(Br)ccc1C(C)O. The fourth-order valence-electron chi connectivity index (χ4n) is 1.55. The molecule has 90 valence electrons. The Morgan fingerprint density at radius 2 is 2.19 bits per heavy atom. The van der Waals surface area contributed by atoms with E-state index in [1.54, 1.807) is 6.92 Å². The monoisotopic (exact) mass is 303 g/mol. The zero-order valence-electron chi connectivity index (χ0n) is 9.90. The van der Waals surface area contributed by atoms with Crippen LogP contribution in [0, 0.1) is 0 Å². The van der Waals surface area contributed by atoms with E-state index < -0.39 is 6.10 Å². The lowest BCUT2D eigenvalue weighted by Gasteiger charge is -2.23. The Hall–Kier alpha value is -0.190. The van der Waals surface area contributed by atoms with Gasteiger partial charge in [-0.2, -0.15) is 11.8 Å². The number of hydrogen-bond donors (Lipinski definition) is 1. The molecule has 2 nitrogen and oxygen atoms in total. The van der Waals surface area contributed by atoms with E-state index in [2.05, 4.69) is 40.2 Å². The molecule has 0 saturated carbocycles. The molecular formula is C12H18BrNOS. The van der Waals surface area contributed by atoms with E-state index in [4.69, 9.17) is 0 Å². The number of nitrogens with zero attached hydrogens (tertiary/aromatic N) is 1. The van der Waals surface area contributed by atoms with Gasteiger partial charge in [0.05, 0.1) is 6.10 Å². The maximum atomic E-state index is 9.72. The summed E-state index contributed by atoms with van der Waals surface area (Å²) in [7, 11) is 2.06. The maximum absolute atomic E-state index is 9.72. The Morgan fingerprint density at radius 3 is 2.75 bits per heavy atom. The third-order valence-corrected chi connectivity index (χ3v) is 3.57. The van der Waals surface area contributed by atoms with Gasteiger partial charge in [0.15, 0.2) is 0 Å². The van der Waals surface area contributed by atoms with Gasteiger partial charge in [-0.3, -0.25) is 0 Å². The van der Waals surface area contributed by atoms with Crippen LogP contribution in [0.1, 0.15) is 18.6 Å². The first-order valence-corrected chi connectivity index (χ1v) is 7.42. The van der Waals surface area contributed by atoms with Crippen LogP contribution in [0.15, 0.2) is 22.7 Å². The molecule has 0 aliphatic heterocycles. The molecule has 1 N–H and O–H groups in total. The van der Waals surface area contributed by atoms with Crippen molar-refractivity contribution in [1.82, 2.24) is 0 Å². The fraction of sp³-hybridized carbons (Fsp3) is 0.500. The fourth-order valence-corrected chi connectivity index (χ4v) is 2.35. The zero-order valence-corrected chi connectivity index (χ0v) is 12.3. The van der Waals surface area contributed by atoms with Crippen molar-refractivity contribution in [1.29, 1.82) is 0 Å². The second-order valence-electron chi connectivity index (χ2n) is 3.79. The van der Waals surface area contributed by atoms with E-state index in [0.717, 1.165) is 28.0 Å². The molecular weight excluding hydrogens is 286 g/mol. The van der Waals surface area contributed by atoms with E-state index in [0.29, 0.717) is 0 Å². The Morgan fingerprint density at radius 1 is 1.50 bits per heavy atom. The van der Waals surface area contributed by atoms with Crippen LogP contribution in [0.3, 0.4) is 0 Å². The molecule has 16 heavy (non-hydrogen) atoms. The number of rotatable bonds is 5. The molecule has 0 radical (unpaired) electrons. The highest BCUT2D eigenvalue weighted by Gasteiger charge is 2.11. The molecule has 0 heterocycles. The number of thioether (sulfide) groups is 1.